The molecule has 17 heavy (non-hydrogen) atoms. The molecule has 2 rings (SSSR count). The lowest BCUT2D eigenvalue weighted by Gasteiger charge is -2.34. The number of carbonyl (C=O) groups is 1. The molecule has 1 heterocycles. The first-order valence-corrected chi connectivity index (χ1v) is 6.29. The van der Waals surface area contributed by atoms with Crippen molar-refractivity contribution >= 4 is 27.5 Å². The summed E-state index contributed by atoms with van der Waals surface area (Å²) in [5, 5.41) is 9.35. The Balaban J connectivity index is 2.25. The van der Waals surface area contributed by atoms with Crippen molar-refractivity contribution in [3.05, 3.63) is 28.2 Å². The molecule has 1 saturated heterocycles. The van der Waals surface area contributed by atoms with Crippen LogP contribution in [-0.4, -0.2) is 42.6 Å². The molecule has 0 bridgehead atoms. The van der Waals surface area contributed by atoms with Crippen LogP contribution >= 0.6 is 15.9 Å². The number of likely N-dealkylation sites (N-methyl/N-ethyl adjacent to an activating group) is 1. The van der Waals surface area contributed by atoms with Gasteiger partial charge in [-0.1, -0.05) is 15.9 Å². The van der Waals surface area contributed by atoms with E-state index >= 15 is 0 Å². The number of rotatable bonds is 2. The van der Waals surface area contributed by atoms with Crippen LogP contribution < -0.4 is 4.90 Å². The highest BCUT2D eigenvalue weighted by atomic mass is 79.9. The van der Waals surface area contributed by atoms with E-state index in [1.165, 1.54) is 0 Å². The van der Waals surface area contributed by atoms with Gasteiger partial charge in [-0.15, -0.1) is 0 Å². The molecule has 1 fully saturated rings. The Bertz CT molecular complexity index is 437. The minimum Gasteiger partial charge on any atom is -0.392 e. The molecule has 1 aromatic rings. The van der Waals surface area contributed by atoms with E-state index in [0.29, 0.717) is 6.54 Å². The van der Waals surface area contributed by atoms with Gasteiger partial charge in [-0.3, -0.25) is 4.79 Å². The molecule has 92 valence electrons. The number of nitrogens with zero attached hydrogens (tertiary/aromatic N) is 2. The first-order chi connectivity index (χ1) is 8.11. The number of aliphatic hydroxyl groups is 1. The summed E-state index contributed by atoms with van der Waals surface area (Å²) in [6.07, 6.45) is 0. The second kappa shape index (κ2) is 5.06. The first kappa shape index (κ1) is 12.4. The average Bonchev–Trinajstić information content (AvgIpc) is 2.32. The third-order valence-electron chi connectivity index (χ3n) is 3.01. The minimum absolute atomic E-state index is 0.0185. The lowest BCUT2D eigenvalue weighted by atomic mass is 10.1. The summed E-state index contributed by atoms with van der Waals surface area (Å²) >= 11 is 3.38. The smallest absolute Gasteiger partial charge is 0.241 e. The van der Waals surface area contributed by atoms with Crippen molar-refractivity contribution < 1.29 is 9.90 Å². The Morgan fingerprint density at radius 3 is 2.82 bits per heavy atom. The molecule has 0 spiro atoms. The summed E-state index contributed by atoms with van der Waals surface area (Å²) in [5.41, 5.74) is 1.79. The van der Waals surface area contributed by atoms with E-state index in [0.717, 1.165) is 28.8 Å². The van der Waals surface area contributed by atoms with Crippen LogP contribution in [0.25, 0.3) is 0 Å². The summed E-state index contributed by atoms with van der Waals surface area (Å²) in [5.74, 6) is 0.114. The monoisotopic (exact) mass is 298 g/mol. The van der Waals surface area contributed by atoms with Gasteiger partial charge in [-0.05, 0) is 18.2 Å². The van der Waals surface area contributed by atoms with Crippen LogP contribution in [0.2, 0.25) is 0 Å². The summed E-state index contributed by atoms with van der Waals surface area (Å²) < 4.78 is 0.936. The maximum atomic E-state index is 11.7. The predicted molar refractivity (Wildman–Crippen MR) is 69.9 cm³/mol. The molecule has 0 aromatic heterocycles. The zero-order valence-electron chi connectivity index (χ0n) is 9.69. The molecular formula is C12H15BrN2O2. The van der Waals surface area contributed by atoms with E-state index in [1.54, 1.807) is 4.90 Å². The molecule has 4 nitrogen and oxygen atoms in total. The SMILES string of the molecule is CN1CCN(c2ccc(Br)cc2CO)CC1=O. The number of aliphatic hydroxyl groups excluding tert-OH is 1. The zero-order valence-corrected chi connectivity index (χ0v) is 11.3. The molecule has 1 amide bonds. The van der Waals surface area contributed by atoms with Crippen LogP contribution in [0.15, 0.2) is 22.7 Å². The van der Waals surface area contributed by atoms with Crippen molar-refractivity contribution in [2.75, 3.05) is 31.6 Å². The lowest BCUT2D eigenvalue weighted by molar-refractivity contribution is -0.129. The molecule has 0 radical (unpaired) electrons. The number of piperazine rings is 1. The van der Waals surface area contributed by atoms with E-state index < -0.39 is 0 Å². The Hall–Kier alpha value is -1.07. The van der Waals surface area contributed by atoms with Crippen LogP contribution in [0.4, 0.5) is 5.69 Å². The number of benzene rings is 1. The quantitative estimate of drug-likeness (QED) is 0.893. The molecule has 0 saturated carbocycles. The van der Waals surface area contributed by atoms with Crippen molar-refractivity contribution in [3.63, 3.8) is 0 Å². The molecule has 1 aromatic carbocycles. The van der Waals surface area contributed by atoms with Gasteiger partial charge in [0.25, 0.3) is 0 Å². The highest BCUT2D eigenvalue weighted by Gasteiger charge is 2.22. The van der Waals surface area contributed by atoms with Gasteiger partial charge in [0.05, 0.1) is 13.2 Å². The van der Waals surface area contributed by atoms with Gasteiger partial charge in [0.2, 0.25) is 5.91 Å². The molecule has 0 unspecified atom stereocenters. The maximum absolute atomic E-state index is 11.7. The van der Waals surface area contributed by atoms with Crippen molar-refractivity contribution in [3.8, 4) is 0 Å². The summed E-state index contributed by atoms with van der Waals surface area (Å²) in [6.45, 7) is 1.89. The van der Waals surface area contributed by atoms with Crippen LogP contribution in [-0.2, 0) is 11.4 Å². The number of carbonyl (C=O) groups excluding carboxylic acids is 1. The van der Waals surface area contributed by atoms with Crippen molar-refractivity contribution in [1.29, 1.82) is 0 Å². The van der Waals surface area contributed by atoms with Gasteiger partial charge in [0.15, 0.2) is 0 Å². The second-order valence-electron chi connectivity index (χ2n) is 4.17. The Morgan fingerprint density at radius 1 is 1.41 bits per heavy atom. The largest absolute Gasteiger partial charge is 0.392 e. The summed E-state index contributed by atoms with van der Waals surface area (Å²) in [4.78, 5) is 15.4. The third-order valence-corrected chi connectivity index (χ3v) is 3.50. The Kier molecular flexibility index (Phi) is 3.69. The van der Waals surface area contributed by atoms with E-state index in [1.807, 2.05) is 30.1 Å². The van der Waals surface area contributed by atoms with Crippen molar-refractivity contribution in [1.82, 2.24) is 4.90 Å². The fourth-order valence-corrected chi connectivity index (χ4v) is 2.36. The van der Waals surface area contributed by atoms with Gasteiger partial charge in [-0.2, -0.15) is 0 Å². The van der Waals surface area contributed by atoms with Crippen molar-refractivity contribution in [2.24, 2.45) is 0 Å². The topological polar surface area (TPSA) is 43.8 Å². The lowest BCUT2D eigenvalue weighted by Crippen LogP contribution is -2.48. The number of halogens is 1. The van der Waals surface area contributed by atoms with Gasteiger partial charge >= 0.3 is 0 Å². The van der Waals surface area contributed by atoms with Gasteiger partial charge in [0.1, 0.15) is 0 Å². The van der Waals surface area contributed by atoms with E-state index in [4.69, 9.17) is 0 Å². The van der Waals surface area contributed by atoms with E-state index in [2.05, 4.69) is 15.9 Å². The second-order valence-corrected chi connectivity index (χ2v) is 5.08. The van der Waals surface area contributed by atoms with E-state index in [9.17, 15) is 9.90 Å². The summed E-state index contributed by atoms with van der Waals surface area (Å²) in [7, 11) is 1.81. The highest BCUT2D eigenvalue weighted by Crippen LogP contribution is 2.25. The third kappa shape index (κ3) is 2.61. The standard InChI is InChI=1S/C12H15BrN2O2/c1-14-4-5-15(7-12(14)17)11-3-2-10(13)6-9(11)8-16/h2-3,6,16H,4-5,7-8H2,1H3. The Morgan fingerprint density at radius 2 is 2.18 bits per heavy atom. The van der Waals surface area contributed by atoms with Crippen LogP contribution in [0.5, 0.6) is 0 Å². The number of hydrogen-bond donors (Lipinski definition) is 1. The molecule has 1 aliphatic rings. The average molecular weight is 299 g/mol. The molecular weight excluding hydrogens is 284 g/mol. The minimum atomic E-state index is -0.0185. The van der Waals surface area contributed by atoms with E-state index in [-0.39, 0.29) is 12.5 Å². The predicted octanol–water partition coefficient (Wildman–Crippen LogP) is 1.22. The zero-order chi connectivity index (χ0) is 12.4. The van der Waals surface area contributed by atoms with Crippen molar-refractivity contribution in [2.45, 2.75) is 6.61 Å². The first-order valence-electron chi connectivity index (χ1n) is 5.50. The van der Waals surface area contributed by atoms with Gasteiger partial charge in [0, 0.05) is 35.9 Å². The number of amides is 1. The van der Waals surface area contributed by atoms with Gasteiger partial charge < -0.3 is 14.9 Å². The Labute approximate surface area is 109 Å². The molecule has 1 N–H and O–H groups in total. The van der Waals surface area contributed by atoms with Crippen LogP contribution in [0.1, 0.15) is 5.56 Å². The fourth-order valence-electron chi connectivity index (χ4n) is 1.95. The molecule has 1 aliphatic heterocycles. The fraction of sp³-hybridized carbons (Fsp3) is 0.417. The maximum Gasteiger partial charge on any atom is 0.241 e. The normalized spacial score (nSPS) is 16.5. The van der Waals surface area contributed by atoms with Crippen LogP contribution in [0, 0.1) is 0 Å². The van der Waals surface area contributed by atoms with Crippen LogP contribution in [0.3, 0.4) is 0 Å². The summed E-state index contributed by atoms with van der Waals surface area (Å²) in [6, 6.07) is 5.75. The van der Waals surface area contributed by atoms with Gasteiger partial charge in [-0.25, -0.2) is 0 Å². The highest BCUT2D eigenvalue weighted by molar-refractivity contribution is 9.10. The number of hydrogen-bond acceptors (Lipinski definition) is 3. The molecule has 0 atom stereocenters. The number of anilines is 1. The molecule has 5 heteroatoms. The molecule has 0 aliphatic carbocycles.